The third-order valence-corrected chi connectivity index (χ3v) is 3.58. The van der Waals surface area contributed by atoms with Gasteiger partial charge in [-0.15, -0.1) is 0 Å². The third-order valence-electron chi connectivity index (χ3n) is 3.58. The van der Waals surface area contributed by atoms with Crippen LogP contribution in [-0.4, -0.2) is 23.3 Å². The van der Waals surface area contributed by atoms with Gasteiger partial charge in [-0.1, -0.05) is 44.8 Å². The Morgan fingerprint density at radius 3 is 2.68 bits per heavy atom. The molecule has 0 bridgehead atoms. The molecular weight excluding hydrogens is 240 g/mol. The van der Waals surface area contributed by atoms with E-state index in [0.717, 1.165) is 32.1 Å². The summed E-state index contributed by atoms with van der Waals surface area (Å²) in [4.78, 5) is 10.3. The molecule has 1 fully saturated rings. The number of hydrogen-bond acceptors (Lipinski definition) is 2. The quantitative estimate of drug-likeness (QED) is 0.326. The maximum atomic E-state index is 10.3. The van der Waals surface area contributed by atoms with Crippen molar-refractivity contribution in [1.29, 1.82) is 0 Å². The first-order valence-electron chi connectivity index (χ1n) is 7.76. The van der Waals surface area contributed by atoms with Gasteiger partial charge in [0.2, 0.25) is 0 Å². The summed E-state index contributed by atoms with van der Waals surface area (Å²) < 4.78 is 5.62. The van der Waals surface area contributed by atoms with Crippen molar-refractivity contribution in [3.05, 3.63) is 12.2 Å². The van der Waals surface area contributed by atoms with E-state index in [1.807, 2.05) is 0 Å². The van der Waals surface area contributed by atoms with Crippen molar-refractivity contribution in [3.8, 4) is 0 Å². The average molecular weight is 268 g/mol. The molecule has 3 nitrogen and oxygen atoms in total. The second-order valence-electron chi connectivity index (χ2n) is 5.41. The number of rotatable bonds is 12. The standard InChI is InChI=1S/C16H28O3/c1-2-3-8-11-14-15(19-14)12-9-6-4-5-7-10-13-16(17)18/h6,9,14-15H,2-5,7-8,10-13H2,1H3,(H,17,18). The van der Waals surface area contributed by atoms with Crippen molar-refractivity contribution in [2.24, 2.45) is 0 Å². The van der Waals surface area contributed by atoms with Crippen LogP contribution in [0.5, 0.6) is 0 Å². The molecule has 1 rings (SSSR count). The van der Waals surface area contributed by atoms with Crippen LogP contribution in [-0.2, 0) is 9.53 Å². The topological polar surface area (TPSA) is 49.8 Å². The van der Waals surface area contributed by atoms with Gasteiger partial charge in [0, 0.05) is 6.42 Å². The van der Waals surface area contributed by atoms with Crippen LogP contribution >= 0.6 is 0 Å². The molecule has 1 aliphatic rings. The van der Waals surface area contributed by atoms with Crippen LogP contribution in [0.1, 0.15) is 71.1 Å². The largest absolute Gasteiger partial charge is 0.481 e. The van der Waals surface area contributed by atoms with Crippen molar-refractivity contribution >= 4 is 5.97 Å². The van der Waals surface area contributed by atoms with E-state index in [1.54, 1.807) is 0 Å². The van der Waals surface area contributed by atoms with E-state index < -0.39 is 5.97 Å². The molecule has 0 saturated carbocycles. The van der Waals surface area contributed by atoms with E-state index in [9.17, 15) is 4.79 Å². The number of carboxylic acid groups (broad SMARTS) is 1. The van der Waals surface area contributed by atoms with Gasteiger partial charge in [0.25, 0.3) is 0 Å². The monoisotopic (exact) mass is 268 g/mol. The van der Waals surface area contributed by atoms with Crippen LogP contribution in [0.3, 0.4) is 0 Å². The highest BCUT2D eigenvalue weighted by Crippen LogP contribution is 2.30. The Bertz CT molecular complexity index is 273. The minimum absolute atomic E-state index is 0.305. The molecule has 1 aliphatic heterocycles. The molecule has 1 N–H and O–H groups in total. The molecule has 0 aromatic heterocycles. The first kappa shape index (κ1) is 16.2. The van der Waals surface area contributed by atoms with E-state index in [1.165, 1.54) is 25.7 Å². The van der Waals surface area contributed by atoms with Gasteiger partial charge < -0.3 is 9.84 Å². The number of ether oxygens (including phenoxy) is 1. The minimum atomic E-state index is -0.685. The van der Waals surface area contributed by atoms with Gasteiger partial charge in [0.1, 0.15) is 0 Å². The SMILES string of the molecule is CCCCCC1OC1CC=CCCCCCC(=O)O. The summed E-state index contributed by atoms with van der Waals surface area (Å²) in [6.07, 6.45) is 15.9. The minimum Gasteiger partial charge on any atom is -0.481 e. The number of carboxylic acids is 1. The summed E-state index contributed by atoms with van der Waals surface area (Å²) in [5, 5.41) is 8.50. The zero-order chi connectivity index (χ0) is 13.9. The Morgan fingerprint density at radius 2 is 1.95 bits per heavy atom. The molecule has 3 heteroatoms. The highest BCUT2D eigenvalue weighted by Gasteiger charge is 2.36. The number of epoxide rings is 1. The zero-order valence-corrected chi connectivity index (χ0v) is 12.1. The van der Waals surface area contributed by atoms with Crippen LogP contribution in [0.25, 0.3) is 0 Å². The Balaban J connectivity index is 1.85. The Labute approximate surface area is 117 Å². The molecule has 1 saturated heterocycles. The van der Waals surface area contributed by atoms with Gasteiger partial charge in [-0.05, 0) is 32.1 Å². The summed E-state index contributed by atoms with van der Waals surface area (Å²) in [7, 11) is 0. The summed E-state index contributed by atoms with van der Waals surface area (Å²) in [6, 6.07) is 0. The highest BCUT2D eigenvalue weighted by molar-refractivity contribution is 5.66. The van der Waals surface area contributed by atoms with Gasteiger partial charge in [-0.3, -0.25) is 4.79 Å². The number of allylic oxidation sites excluding steroid dienone is 1. The first-order chi connectivity index (χ1) is 9.24. The maximum absolute atomic E-state index is 10.3. The van der Waals surface area contributed by atoms with E-state index in [-0.39, 0.29) is 0 Å². The molecular formula is C16H28O3. The van der Waals surface area contributed by atoms with Crippen molar-refractivity contribution in [2.75, 3.05) is 0 Å². The first-order valence-corrected chi connectivity index (χ1v) is 7.76. The molecule has 2 unspecified atom stereocenters. The number of hydrogen-bond donors (Lipinski definition) is 1. The second-order valence-corrected chi connectivity index (χ2v) is 5.41. The molecule has 0 aliphatic carbocycles. The molecule has 2 atom stereocenters. The van der Waals surface area contributed by atoms with E-state index in [4.69, 9.17) is 9.84 Å². The van der Waals surface area contributed by atoms with E-state index in [0.29, 0.717) is 18.6 Å². The maximum Gasteiger partial charge on any atom is 0.303 e. The fraction of sp³-hybridized carbons (Fsp3) is 0.812. The zero-order valence-electron chi connectivity index (χ0n) is 12.1. The van der Waals surface area contributed by atoms with Gasteiger partial charge in [0.05, 0.1) is 12.2 Å². The van der Waals surface area contributed by atoms with Crippen LogP contribution in [0.2, 0.25) is 0 Å². The van der Waals surface area contributed by atoms with Crippen molar-refractivity contribution in [3.63, 3.8) is 0 Å². The molecule has 0 radical (unpaired) electrons. The van der Waals surface area contributed by atoms with Crippen LogP contribution in [0, 0.1) is 0 Å². The lowest BCUT2D eigenvalue weighted by Crippen LogP contribution is -1.93. The lowest BCUT2D eigenvalue weighted by atomic mass is 10.1. The van der Waals surface area contributed by atoms with E-state index in [2.05, 4.69) is 19.1 Å². The van der Waals surface area contributed by atoms with Crippen LogP contribution < -0.4 is 0 Å². The Kier molecular flexibility index (Phi) is 8.55. The van der Waals surface area contributed by atoms with Gasteiger partial charge >= 0.3 is 5.97 Å². The molecule has 0 aromatic carbocycles. The third kappa shape index (κ3) is 8.82. The second kappa shape index (κ2) is 10.0. The number of unbranched alkanes of at least 4 members (excludes halogenated alkanes) is 5. The van der Waals surface area contributed by atoms with Crippen molar-refractivity contribution in [1.82, 2.24) is 0 Å². The average Bonchev–Trinajstić information content (AvgIpc) is 3.11. The number of carbonyl (C=O) groups is 1. The summed E-state index contributed by atoms with van der Waals surface area (Å²) in [6.45, 7) is 2.23. The summed E-state index contributed by atoms with van der Waals surface area (Å²) in [5.74, 6) is -0.685. The summed E-state index contributed by atoms with van der Waals surface area (Å²) in [5.41, 5.74) is 0. The molecule has 0 spiro atoms. The molecule has 19 heavy (non-hydrogen) atoms. The Morgan fingerprint density at radius 1 is 1.11 bits per heavy atom. The van der Waals surface area contributed by atoms with Gasteiger partial charge in [-0.2, -0.15) is 0 Å². The smallest absolute Gasteiger partial charge is 0.303 e. The van der Waals surface area contributed by atoms with Gasteiger partial charge in [-0.25, -0.2) is 0 Å². The summed E-state index contributed by atoms with van der Waals surface area (Å²) >= 11 is 0. The predicted molar refractivity (Wildman–Crippen MR) is 77.3 cm³/mol. The van der Waals surface area contributed by atoms with E-state index >= 15 is 0 Å². The lowest BCUT2D eigenvalue weighted by Gasteiger charge is -1.95. The normalized spacial score (nSPS) is 21.9. The lowest BCUT2D eigenvalue weighted by molar-refractivity contribution is -0.137. The van der Waals surface area contributed by atoms with Crippen molar-refractivity contribution < 1.29 is 14.6 Å². The fourth-order valence-corrected chi connectivity index (χ4v) is 2.30. The Hall–Kier alpha value is -0.830. The number of aliphatic carboxylic acids is 1. The fourth-order valence-electron chi connectivity index (χ4n) is 2.30. The molecule has 110 valence electrons. The highest BCUT2D eigenvalue weighted by atomic mass is 16.6. The predicted octanol–water partition coefficient (Wildman–Crippen LogP) is 4.32. The van der Waals surface area contributed by atoms with Crippen molar-refractivity contribution in [2.45, 2.75) is 83.3 Å². The molecule has 0 amide bonds. The van der Waals surface area contributed by atoms with Gasteiger partial charge in [0.15, 0.2) is 0 Å². The molecule has 1 heterocycles. The molecule has 0 aromatic rings. The van der Waals surface area contributed by atoms with Crippen LogP contribution in [0.15, 0.2) is 12.2 Å². The van der Waals surface area contributed by atoms with Crippen LogP contribution in [0.4, 0.5) is 0 Å².